The summed E-state index contributed by atoms with van der Waals surface area (Å²) in [5.41, 5.74) is 14.3. The molecule has 5 atom stereocenters. The summed E-state index contributed by atoms with van der Waals surface area (Å²) in [5, 5.41) is 10.6. The first-order valence-electron chi connectivity index (χ1n) is 14.9. The zero-order valence-corrected chi connectivity index (χ0v) is 23.5. The molecule has 38 heavy (non-hydrogen) atoms. The molecule has 0 heterocycles. The van der Waals surface area contributed by atoms with Crippen LogP contribution >= 0.6 is 0 Å². The van der Waals surface area contributed by atoms with E-state index in [1.165, 1.54) is 30.4 Å². The van der Waals surface area contributed by atoms with Crippen molar-refractivity contribution in [2.75, 3.05) is 79.0 Å². The molecule has 3 aliphatic carbocycles. The van der Waals surface area contributed by atoms with Gasteiger partial charge in [0.2, 0.25) is 0 Å². The van der Waals surface area contributed by atoms with E-state index in [1.807, 2.05) is 0 Å². The molecule has 1 aromatic rings. The van der Waals surface area contributed by atoms with Gasteiger partial charge in [-0.2, -0.15) is 0 Å². The molecule has 0 radical (unpaired) electrons. The third-order valence-electron chi connectivity index (χ3n) is 9.33. The van der Waals surface area contributed by atoms with Crippen LogP contribution in [0.5, 0.6) is 5.75 Å². The van der Waals surface area contributed by atoms with E-state index in [4.69, 9.17) is 30.4 Å². The second-order valence-electron chi connectivity index (χ2n) is 11.5. The highest BCUT2D eigenvalue weighted by Crippen LogP contribution is 2.60. The summed E-state index contributed by atoms with van der Waals surface area (Å²) < 4.78 is 22.9. The van der Waals surface area contributed by atoms with E-state index >= 15 is 0 Å². The number of hydrogen-bond donors (Lipinski definition) is 3. The van der Waals surface area contributed by atoms with Gasteiger partial charge < -0.3 is 35.5 Å². The summed E-state index contributed by atoms with van der Waals surface area (Å²) in [7, 11) is 0. The molecule has 2 saturated carbocycles. The molecule has 0 aliphatic heterocycles. The number of fused-ring (bicyclic) bond motifs is 5. The lowest BCUT2D eigenvalue weighted by Crippen LogP contribution is -2.43. The number of aliphatic hydroxyl groups excluding tert-OH is 1. The molecule has 4 rings (SSSR count). The predicted molar refractivity (Wildman–Crippen MR) is 150 cm³/mol. The predicted octanol–water partition coefficient (Wildman–Crippen LogP) is 2.55. The lowest BCUT2D eigenvalue weighted by molar-refractivity contribution is -0.0226. The van der Waals surface area contributed by atoms with Crippen LogP contribution in [0.2, 0.25) is 0 Å². The van der Waals surface area contributed by atoms with Gasteiger partial charge in [0.15, 0.2) is 0 Å². The molecule has 216 valence electrons. The number of ether oxygens (including phenoxy) is 4. The van der Waals surface area contributed by atoms with E-state index in [0.29, 0.717) is 71.2 Å². The Balaban J connectivity index is 1.06. The van der Waals surface area contributed by atoms with Crippen molar-refractivity contribution in [3.63, 3.8) is 0 Å². The molecule has 0 spiro atoms. The van der Waals surface area contributed by atoms with Crippen LogP contribution in [0.15, 0.2) is 18.2 Å². The molecular weight excluding hydrogens is 482 g/mol. The van der Waals surface area contributed by atoms with Gasteiger partial charge in [-0.25, -0.2) is 0 Å². The van der Waals surface area contributed by atoms with Gasteiger partial charge in [0.05, 0.1) is 45.7 Å². The summed E-state index contributed by atoms with van der Waals surface area (Å²) in [5.74, 6) is 2.98. The van der Waals surface area contributed by atoms with Crippen LogP contribution in [0.25, 0.3) is 0 Å². The largest absolute Gasteiger partial charge is 0.491 e. The molecular formula is C30H51N3O5. The summed E-state index contributed by atoms with van der Waals surface area (Å²) >= 11 is 0. The summed E-state index contributed by atoms with van der Waals surface area (Å²) in [6, 6.07) is 6.68. The Morgan fingerprint density at radius 3 is 2.26 bits per heavy atom. The van der Waals surface area contributed by atoms with E-state index in [1.54, 1.807) is 0 Å². The molecule has 0 bridgehead atoms. The molecule has 5 N–H and O–H groups in total. The topological polar surface area (TPSA) is 112 Å². The molecule has 3 aliphatic rings. The molecule has 1 aromatic carbocycles. The second kappa shape index (κ2) is 14.9. The van der Waals surface area contributed by atoms with Crippen LogP contribution in [0.4, 0.5) is 0 Å². The summed E-state index contributed by atoms with van der Waals surface area (Å²) in [6.45, 7) is 10.1. The Kier molecular flexibility index (Phi) is 11.7. The molecule has 2 fully saturated rings. The van der Waals surface area contributed by atoms with Gasteiger partial charge in [0, 0.05) is 32.7 Å². The van der Waals surface area contributed by atoms with Crippen LogP contribution in [-0.2, 0) is 20.6 Å². The minimum Gasteiger partial charge on any atom is -0.491 e. The smallest absolute Gasteiger partial charge is 0.119 e. The van der Waals surface area contributed by atoms with Crippen LogP contribution in [-0.4, -0.2) is 95.1 Å². The number of aryl methyl sites for hydroxylation is 1. The summed E-state index contributed by atoms with van der Waals surface area (Å²) in [6.07, 6.45) is 6.78. The van der Waals surface area contributed by atoms with Crippen molar-refractivity contribution >= 4 is 0 Å². The quantitative estimate of drug-likeness (QED) is 0.262. The average Bonchev–Trinajstić information content (AvgIpc) is 3.23. The number of benzene rings is 1. The van der Waals surface area contributed by atoms with Crippen LogP contribution in [0, 0.1) is 17.3 Å². The number of hydrogen-bond acceptors (Lipinski definition) is 8. The molecule has 0 saturated heterocycles. The molecule has 0 unspecified atom stereocenters. The molecule has 0 amide bonds. The van der Waals surface area contributed by atoms with E-state index < -0.39 is 0 Å². The number of nitrogens with two attached hydrogens (primary N) is 2. The van der Waals surface area contributed by atoms with Crippen molar-refractivity contribution in [2.45, 2.75) is 57.5 Å². The van der Waals surface area contributed by atoms with Gasteiger partial charge in [0.25, 0.3) is 0 Å². The van der Waals surface area contributed by atoms with Crippen LogP contribution in [0.3, 0.4) is 0 Å². The SMILES string of the molecule is C[C@]12CC[C@@H]3c4ccc(OCCOCCOCCOCCN(CCN)CCN)cc4CC[C@H]3[C@@H]1CC[C@@H]2O. The third kappa shape index (κ3) is 7.47. The number of aliphatic hydroxyl groups is 1. The van der Waals surface area contributed by atoms with Gasteiger partial charge in [-0.15, -0.1) is 0 Å². The minimum atomic E-state index is -0.108. The van der Waals surface area contributed by atoms with E-state index in [9.17, 15) is 5.11 Å². The van der Waals surface area contributed by atoms with Crippen molar-refractivity contribution in [1.82, 2.24) is 4.90 Å². The van der Waals surface area contributed by atoms with E-state index in [2.05, 4.69) is 30.0 Å². The first-order chi connectivity index (χ1) is 18.6. The lowest BCUT2D eigenvalue weighted by atomic mass is 9.55. The Morgan fingerprint density at radius 1 is 0.868 bits per heavy atom. The highest BCUT2D eigenvalue weighted by atomic mass is 16.6. The van der Waals surface area contributed by atoms with Crippen LogP contribution in [0.1, 0.15) is 56.1 Å². The van der Waals surface area contributed by atoms with Crippen molar-refractivity contribution in [3.05, 3.63) is 29.3 Å². The van der Waals surface area contributed by atoms with Gasteiger partial charge in [-0.05, 0) is 85.0 Å². The minimum absolute atomic E-state index is 0.108. The number of rotatable bonds is 17. The maximum absolute atomic E-state index is 10.6. The van der Waals surface area contributed by atoms with Gasteiger partial charge in [-0.3, -0.25) is 4.90 Å². The maximum Gasteiger partial charge on any atom is 0.119 e. The zero-order valence-electron chi connectivity index (χ0n) is 23.5. The van der Waals surface area contributed by atoms with Crippen molar-refractivity contribution < 1.29 is 24.1 Å². The van der Waals surface area contributed by atoms with Crippen LogP contribution < -0.4 is 16.2 Å². The molecule has 8 heteroatoms. The fraction of sp³-hybridized carbons (Fsp3) is 0.800. The highest BCUT2D eigenvalue weighted by molar-refractivity contribution is 5.40. The van der Waals surface area contributed by atoms with Gasteiger partial charge >= 0.3 is 0 Å². The average molecular weight is 534 g/mol. The van der Waals surface area contributed by atoms with Crippen molar-refractivity contribution in [2.24, 2.45) is 28.7 Å². The number of nitrogens with zero attached hydrogens (tertiary/aromatic N) is 1. The monoisotopic (exact) mass is 533 g/mol. The fourth-order valence-corrected chi connectivity index (χ4v) is 7.28. The Morgan fingerprint density at radius 2 is 1.55 bits per heavy atom. The van der Waals surface area contributed by atoms with Gasteiger partial charge in [0.1, 0.15) is 12.4 Å². The third-order valence-corrected chi connectivity index (χ3v) is 9.33. The second-order valence-corrected chi connectivity index (χ2v) is 11.5. The maximum atomic E-state index is 10.6. The zero-order chi connectivity index (χ0) is 26.8. The van der Waals surface area contributed by atoms with Crippen molar-refractivity contribution in [3.8, 4) is 5.75 Å². The summed E-state index contributed by atoms with van der Waals surface area (Å²) in [4.78, 5) is 2.21. The highest BCUT2D eigenvalue weighted by Gasteiger charge is 2.54. The molecule has 8 nitrogen and oxygen atoms in total. The first kappa shape index (κ1) is 29.7. The van der Waals surface area contributed by atoms with Crippen molar-refractivity contribution in [1.29, 1.82) is 0 Å². The van der Waals surface area contributed by atoms with Gasteiger partial charge in [-0.1, -0.05) is 13.0 Å². The fourth-order valence-electron chi connectivity index (χ4n) is 7.28. The Hall–Kier alpha value is -1.26. The standard InChI is InChI=1S/C30H51N3O5/c1-30-9-8-26-25-5-3-24(22-23(25)2-4-27(26)28(30)6-7-29(30)34)38-21-20-37-19-18-36-17-16-35-15-14-33(12-10-31)13-11-32/h3,5,22,26-29,34H,2,4,6-21,31-32H2,1H3/t26-,27-,28+,29+,30+/m1/s1. The Labute approximate surface area is 229 Å². The first-order valence-corrected chi connectivity index (χ1v) is 14.9. The lowest BCUT2D eigenvalue weighted by Gasteiger charge is -2.50. The van der Waals surface area contributed by atoms with E-state index in [0.717, 1.165) is 50.6 Å². The normalized spacial score (nSPS) is 28.2. The van der Waals surface area contributed by atoms with E-state index in [-0.39, 0.29) is 11.5 Å². The molecule has 0 aromatic heterocycles. The Bertz CT molecular complexity index is 836.